The molecule has 0 radical (unpaired) electrons. The summed E-state index contributed by atoms with van der Waals surface area (Å²) in [7, 11) is 0. The molecule has 5 heteroatoms. The molecule has 0 aliphatic carbocycles. The Morgan fingerprint density at radius 3 is 2.94 bits per heavy atom. The van der Waals surface area contributed by atoms with Crippen molar-refractivity contribution < 1.29 is 9.53 Å². The summed E-state index contributed by atoms with van der Waals surface area (Å²) < 4.78 is 7.23. The van der Waals surface area contributed by atoms with Gasteiger partial charge in [-0.15, -0.1) is 0 Å². The van der Waals surface area contributed by atoms with Crippen molar-refractivity contribution in [3.05, 3.63) is 17.5 Å². The number of nitrogens with one attached hydrogen (secondary N) is 1. The Morgan fingerprint density at radius 2 is 2.35 bits per heavy atom. The molecule has 0 saturated heterocycles. The van der Waals surface area contributed by atoms with E-state index in [1.54, 1.807) is 0 Å². The van der Waals surface area contributed by atoms with Crippen LogP contribution in [0, 0.1) is 0 Å². The van der Waals surface area contributed by atoms with Crippen LogP contribution in [0.2, 0.25) is 0 Å². The summed E-state index contributed by atoms with van der Waals surface area (Å²) >= 11 is 0. The van der Waals surface area contributed by atoms with Crippen molar-refractivity contribution in [2.24, 2.45) is 0 Å². The second-order valence-corrected chi connectivity index (χ2v) is 5.23. The van der Waals surface area contributed by atoms with Crippen LogP contribution >= 0.6 is 0 Å². The lowest BCUT2D eigenvalue weighted by Crippen LogP contribution is -2.31. The Morgan fingerprint density at radius 1 is 1.65 bits per heavy atom. The maximum absolute atomic E-state index is 12.0. The number of fused-ring (bicyclic) bond motifs is 1. The van der Waals surface area contributed by atoms with Crippen LogP contribution < -0.4 is 5.32 Å². The summed E-state index contributed by atoms with van der Waals surface area (Å²) in [4.78, 5) is 12.0. The largest absolute Gasteiger partial charge is 0.459 e. The van der Waals surface area contributed by atoms with E-state index < -0.39 is 5.60 Å². The molecule has 1 aromatic rings. The third-order valence-corrected chi connectivity index (χ3v) is 2.62. The van der Waals surface area contributed by atoms with Crippen LogP contribution in [0.4, 0.5) is 0 Å². The smallest absolute Gasteiger partial charge is 0.328 e. The average Bonchev–Trinajstić information content (AvgIpc) is 2.71. The van der Waals surface area contributed by atoms with Crippen LogP contribution in [0.5, 0.6) is 0 Å². The maximum atomic E-state index is 12.0. The summed E-state index contributed by atoms with van der Waals surface area (Å²) in [6.45, 7) is 9.08. The first-order chi connectivity index (χ1) is 7.90. The fourth-order valence-corrected chi connectivity index (χ4v) is 1.90. The number of ether oxygens (including phenoxy) is 1. The van der Waals surface area contributed by atoms with E-state index in [4.69, 9.17) is 4.74 Å². The van der Waals surface area contributed by atoms with Gasteiger partial charge in [0.05, 0.1) is 5.69 Å². The molecule has 0 amide bonds. The van der Waals surface area contributed by atoms with Gasteiger partial charge in [0.25, 0.3) is 0 Å². The third-order valence-electron chi connectivity index (χ3n) is 2.62. The first-order valence-corrected chi connectivity index (χ1v) is 5.93. The Labute approximate surface area is 101 Å². The Balaban J connectivity index is 2.15. The van der Waals surface area contributed by atoms with Crippen LogP contribution in [0.25, 0.3) is 0 Å². The van der Waals surface area contributed by atoms with Crippen molar-refractivity contribution in [3.63, 3.8) is 0 Å². The highest BCUT2D eigenvalue weighted by atomic mass is 16.6. The molecule has 0 aromatic carbocycles. The number of esters is 1. The normalized spacial score (nSPS) is 19.2. The lowest BCUT2D eigenvalue weighted by molar-refractivity contribution is -0.157. The highest BCUT2D eigenvalue weighted by Crippen LogP contribution is 2.26. The van der Waals surface area contributed by atoms with Crippen LogP contribution in [-0.4, -0.2) is 21.4 Å². The molecular formula is C12H19N3O2. The molecule has 1 unspecified atom stereocenters. The summed E-state index contributed by atoms with van der Waals surface area (Å²) in [5, 5.41) is 7.51. The SMILES string of the molecule is CCn1cc2c(n1)CNC2C(=O)OC(C)(C)C. The summed E-state index contributed by atoms with van der Waals surface area (Å²) in [5.74, 6) is -0.230. The van der Waals surface area contributed by atoms with Gasteiger partial charge in [0.15, 0.2) is 0 Å². The zero-order valence-electron chi connectivity index (χ0n) is 10.8. The molecule has 0 saturated carbocycles. The molecular weight excluding hydrogens is 218 g/mol. The van der Waals surface area contributed by atoms with Gasteiger partial charge >= 0.3 is 5.97 Å². The van der Waals surface area contributed by atoms with Crippen molar-refractivity contribution in [3.8, 4) is 0 Å². The summed E-state index contributed by atoms with van der Waals surface area (Å²) in [5.41, 5.74) is 1.44. The summed E-state index contributed by atoms with van der Waals surface area (Å²) in [6.07, 6.45) is 1.92. The summed E-state index contributed by atoms with van der Waals surface area (Å²) in [6, 6.07) is -0.371. The number of carbonyl (C=O) groups excluding carboxylic acids is 1. The predicted molar refractivity (Wildman–Crippen MR) is 63.3 cm³/mol. The molecule has 1 aliphatic rings. The molecule has 1 atom stereocenters. The molecule has 1 aromatic heterocycles. The van der Waals surface area contributed by atoms with Gasteiger partial charge in [0.2, 0.25) is 0 Å². The van der Waals surface area contributed by atoms with E-state index in [0.717, 1.165) is 17.8 Å². The van der Waals surface area contributed by atoms with E-state index in [1.807, 2.05) is 38.6 Å². The van der Waals surface area contributed by atoms with Gasteiger partial charge in [-0.2, -0.15) is 5.10 Å². The quantitative estimate of drug-likeness (QED) is 0.790. The van der Waals surface area contributed by atoms with Crippen LogP contribution in [-0.2, 0) is 22.6 Å². The number of nitrogens with zero attached hydrogens (tertiary/aromatic N) is 2. The highest BCUT2D eigenvalue weighted by molar-refractivity contribution is 5.79. The minimum Gasteiger partial charge on any atom is -0.459 e. The standard InChI is InChI=1S/C12H19N3O2/c1-5-15-7-8-9(14-15)6-13-10(8)11(16)17-12(2,3)4/h7,10,13H,5-6H2,1-4H3. The number of rotatable bonds is 2. The number of carbonyl (C=O) groups is 1. The van der Waals surface area contributed by atoms with Gasteiger partial charge < -0.3 is 4.74 Å². The lowest BCUT2D eigenvalue weighted by atomic mass is 10.1. The molecule has 94 valence electrons. The number of hydrogen-bond acceptors (Lipinski definition) is 4. The second kappa shape index (κ2) is 4.14. The molecule has 1 aliphatic heterocycles. The molecule has 2 heterocycles. The van der Waals surface area contributed by atoms with Gasteiger partial charge in [0.1, 0.15) is 11.6 Å². The maximum Gasteiger partial charge on any atom is 0.328 e. The minimum absolute atomic E-state index is 0.230. The van der Waals surface area contributed by atoms with E-state index >= 15 is 0 Å². The fraction of sp³-hybridized carbons (Fsp3) is 0.667. The van der Waals surface area contributed by atoms with Gasteiger partial charge in [-0.1, -0.05) is 0 Å². The van der Waals surface area contributed by atoms with Crippen LogP contribution in [0.3, 0.4) is 0 Å². The minimum atomic E-state index is -0.456. The van der Waals surface area contributed by atoms with Crippen LogP contribution in [0.15, 0.2) is 6.20 Å². The predicted octanol–water partition coefficient (Wildman–Crippen LogP) is 1.39. The van der Waals surface area contributed by atoms with E-state index in [0.29, 0.717) is 6.54 Å². The number of aryl methyl sites for hydroxylation is 1. The van der Waals surface area contributed by atoms with E-state index in [-0.39, 0.29) is 12.0 Å². The molecule has 1 N–H and O–H groups in total. The van der Waals surface area contributed by atoms with Crippen molar-refractivity contribution in [1.29, 1.82) is 0 Å². The highest BCUT2D eigenvalue weighted by Gasteiger charge is 2.34. The average molecular weight is 237 g/mol. The first kappa shape index (κ1) is 12.1. The monoisotopic (exact) mass is 237 g/mol. The third kappa shape index (κ3) is 2.49. The van der Waals surface area contributed by atoms with Gasteiger partial charge in [-0.3, -0.25) is 10.00 Å². The number of aromatic nitrogens is 2. The molecule has 17 heavy (non-hydrogen) atoms. The van der Waals surface area contributed by atoms with Crippen molar-refractivity contribution in [1.82, 2.24) is 15.1 Å². The second-order valence-electron chi connectivity index (χ2n) is 5.23. The van der Waals surface area contributed by atoms with Crippen molar-refractivity contribution >= 4 is 5.97 Å². The zero-order chi connectivity index (χ0) is 12.6. The molecule has 0 fully saturated rings. The molecule has 5 nitrogen and oxygen atoms in total. The fourth-order valence-electron chi connectivity index (χ4n) is 1.90. The van der Waals surface area contributed by atoms with Crippen LogP contribution in [0.1, 0.15) is 45.0 Å². The zero-order valence-corrected chi connectivity index (χ0v) is 10.8. The molecule has 0 spiro atoms. The lowest BCUT2D eigenvalue weighted by Gasteiger charge is -2.22. The van der Waals surface area contributed by atoms with Gasteiger partial charge in [0, 0.05) is 24.8 Å². The number of hydrogen-bond donors (Lipinski definition) is 1. The van der Waals surface area contributed by atoms with Crippen molar-refractivity contribution in [2.45, 2.75) is 52.4 Å². The van der Waals surface area contributed by atoms with Crippen molar-refractivity contribution in [2.75, 3.05) is 0 Å². The van der Waals surface area contributed by atoms with E-state index in [2.05, 4.69) is 10.4 Å². The van der Waals surface area contributed by atoms with E-state index in [9.17, 15) is 4.79 Å². The Hall–Kier alpha value is -1.36. The Kier molecular flexibility index (Phi) is 2.95. The molecule has 2 rings (SSSR count). The Bertz CT molecular complexity index is 431. The topological polar surface area (TPSA) is 56.2 Å². The van der Waals surface area contributed by atoms with E-state index in [1.165, 1.54) is 0 Å². The van der Waals surface area contributed by atoms with Gasteiger partial charge in [-0.05, 0) is 27.7 Å². The van der Waals surface area contributed by atoms with Gasteiger partial charge in [-0.25, -0.2) is 4.79 Å². The molecule has 0 bridgehead atoms. The first-order valence-electron chi connectivity index (χ1n) is 5.93.